The van der Waals surface area contributed by atoms with Gasteiger partial charge < -0.3 is 14.9 Å². The van der Waals surface area contributed by atoms with Crippen molar-refractivity contribution in [3.05, 3.63) is 46.3 Å². The number of carbonyl (C=O) groups is 2. The van der Waals surface area contributed by atoms with E-state index in [9.17, 15) is 19.8 Å². The molecule has 1 aromatic heterocycles. The van der Waals surface area contributed by atoms with Gasteiger partial charge in [-0.25, -0.2) is 0 Å². The number of halogens is 1. The van der Waals surface area contributed by atoms with Gasteiger partial charge in [-0.15, -0.1) is 23.2 Å². The van der Waals surface area contributed by atoms with Crippen LogP contribution in [0, 0.1) is 29.6 Å². The number of aliphatic hydroxyl groups is 2. The average molecular weight is 503 g/mol. The molecular weight excluding hydrogens is 472 g/mol. The first kappa shape index (κ1) is 26.4. The molecule has 1 heterocycles. The number of benzene rings is 1. The van der Waals surface area contributed by atoms with E-state index in [2.05, 4.69) is 16.6 Å². The van der Waals surface area contributed by atoms with Crippen molar-refractivity contribution in [3.63, 3.8) is 0 Å². The first-order valence-corrected chi connectivity index (χ1v) is 12.8. The second-order valence-corrected chi connectivity index (χ2v) is 10.1. The Kier molecular flexibility index (Phi) is 10.2. The van der Waals surface area contributed by atoms with E-state index >= 15 is 0 Å². The molecule has 0 bridgehead atoms. The molecule has 1 saturated carbocycles. The van der Waals surface area contributed by atoms with Crippen molar-refractivity contribution < 1.29 is 24.5 Å². The van der Waals surface area contributed by atoms with Gasteiger partial charge in [0.15, 0.2) is 0 Å². The number of esters is 1. The third-order valence-corrected chi connectivity index (χ3v) is 8.08. The third-order valence-electron chi connectivity index (χ3n) is 6.30. The molecule has 182 valence electrons. The molecule has 1 fully saturated rings. The van der Waals surface area contributed by atoms with Gasteiger partial charge in [0.25, 0.3) is 0 Å². The predicted octanol–water partition coefficient (Wildman–Crippen LogP) is 4.95. The monoisotopic (exact) mass is 502 g/mol. The summed E-state index contributed by atoms with van der Waals surface area (Å²) in [7, 11) is 1.36. The molecule has 0 aliphatic heterocycles. The molecule has 0 spiro atoms. The van der Waals surface area contributed by atoms with Crippen molar-refractivity contribution >= 4 is 44.8 Å². The fourth-order valence-electron chi connectivity index (χ4n) is 4.37. The highest BCUT2D eigenvalue weighted by Gasteiger charge is 2.39. The number of Topliss-reactive ketones (excluding diaryl/α,β-unsaturated/α-hetero) is 1. The summed E-state index contributed by atoms with van der Waals surface area (Å²) in [6, 6.07) is 7.99. The van der Waals surface area contributed by atoms with E-state index in [1.165, 1.54) is 7.11 Å². The highest BCUT2D eigenvalue weighted by atomic mass is 35.5. The van der Waals surface area contributed by atoms with Crippen molar-refractivity contribution in [1.82, 2.24) is 0 Å². The lowest BCUT2D eigenvalue weighted by Crippen LogP contribution is -2.18. The minimum atomic E-state index is -0.665. The van der Waals surface area contributed by atoms with Gasteiger partial charge in [-0.1, -0.05) is 42.0 Å². The molecule has 2 aromatic rings. The topological polar surface area (TPSA) is 83.8 Å². The number of rotatable bonds is 10. The Balaban J connectivity index is 1.55. The smallest absolute Gasteiger partial charge is 0.305 e. The van der Waals surface area contributed by atoms with Crippen molar-refractivity contribution in [3.8, 4) is 11.8 Å². The summed E-state index contributed by atoms with van der Waals surface area (Å²) in [5.74, 6) is 5.35. The van der Waals surface area contributed by atoms with Crippen LogP contribution in [-0.2, 0) is 20.7 Å². The maximum Gasteiger partial charge on any atom is 0.305 e. The van der Waals surface area contributed by atoms with Gasteiger partial charge in [-0.2, -0.15) is 0 Å². The Labute approximate surface area is 209 Å². The van der Waals surface area contributed by atoms with Crippen LogP contribution in [0.5, 0.6) is 0 Å². The highest BCUT2D eigenvalue weighted by molar-refractivity contribution is 7.19. The average Bonchev–Trinajstić information content (AvgIpc) is 3.33. The molecule has 3 rings (SSSR count). The van der Waals surface area contributed by atoms with Crippen LogP contribution in [-0.4, -0.2) is 41.8 Å². The number of thiophene rings is 1. The molecule has 4 atom stereocenters. The lowest BCUT2D eigenvalue weighted by Gasteiger charge is -2.18. The van der Waals surface area contributed by atoms with Gasteiger partial charge >= 0.3 is 5.97 Å². The Morgan fingerprint density at radius 1 is 1.35 bits per heavy atom. The second-order valence-electron chi connectivity index (χ2n) is 8.61. The molecule has 5 nitrogen and oxygen atoms in total. The molecule has 1 aliphatic rings. The summed E-state index contributed by atoms with van der Waals surface area (Å²) in [6.07, 6.45) is 6.41. The van der Waals surface area contributed by atoms with E-state index in [4.69, 9.17) is 11.6 Å². The molecule has 0 saturated heterocycles. The molecule has 0 amide bonds. The van der Waals surface area contributed by atoms with E-state index in [1.807, 2.05) is 30.3 Å². The van der Waals surface area contributed by atoms with Crippen LogP contribution in [0.4, 0.5) is 0 Å². The third kappa shape index (κ3) is 6.93. The van der Waals surface area contributed by atoms with E-state index in [0.717, 1.165) is 20.0 Å². The minimum absolute atomic E-state index is 0.0721. The zero-order valence-electron chi connectivity index (χ0n) is 19.3. The van der Waals surface area contributed by atoms with Crippen molar-refractivity contribution in [2.75, 3.05) is 13.7 Å². The first-order valence-electron chi connectivity index (χ1n) is 11.6. The fraction of sp³-hybridized carbons (Fsp3) is 0.481. The van der Waals surface area contributed by atoms with Crippen molar-refractivity contribution in [2.24, 2.45) is 17.8 Å². The van der Waals surface area contributed by atoms with Gasteiger partial charge in [0.1, 0.15) is 5.78 Å². The van der Waals surface area contributed by atoms with E-state index in [-0.39, 0.29) is 36.1 Å². The summed E-state index contributed by atoms with van der Waals surface area (Å²) in [6.45, 7) is -0.0721. The van der Waals surface area contributed by atoms with E-state index in [0.29, 0.717) is 44.9 Å². The van der Waals surface area contributed by atoms with Crippen LogP contribution in [0.15, 0.2) is 36.4 Å². The number of unbranched alkanes of at least 4 members (excludes halogenated alkanes) is 1. The minimum Gasteiger partial charge on any atom is -0.469 e. The lowest BCUT2D eigenvalue weighted by atomic mass is 9.86. The summed E-state index contributed by atoms with van der Waals surface area (Å²) in [5.41, 5.74) is 0. The number of methoxy groups -OCH3 is 1. The summed E-state index contributed by atoms with van der Waals surface area (Å²) >= 11 is 8.15. The number of aryl methyl sites for hydroxylation is 1. The molecule has 1 aliphatic carbocycles. The molecule has 2 N–H and O–H groups in total. The number of fused-ring (bicyclic) bond motifs is 1. The molecule has 1 unspecified atom stereocenters. The fourth-order valence-corrected chi connectivity index (χ4v) is 5.91. The highest BCUT2D eigenvalue weighted by Crippen LogP contribution is 2.38. The lowest BCUT2D eigenvalue weighted by molar-refractivity contribution is -0.140. The first-order chi connectivity index (χ1) is 16.4. The summed E-state index contributed by atoms with van der Waals surface area (Å²) < 4.78 is 5.75. The maximum atomic E-state index is 12.5. The predicted molar refractivity (Wildman–Crippen MR) is 136 cm³/mol. The van der Waals surface area contributed by atoms with Gasteiger partial charge in [0.2, 0.25) is 0 Å². The molecule has 34 heavy (non-hydrogen) atoms. The van der Waals surface area contributed by atoms with Crippen molar-refractivity contribution in [2.45, 2.75) is 51.0 Å². The quantitative estimate of drug-likeness (QED) is 0.208. The summed E-state index contributed by atoms with van der Waals surface area (Å²) in [4.78, 5) is 24.7. The molecule has 7 heteroatoms. The number of aliphatic hydroxyl groups excluding tert-OH is 2. The van der Waals surface area contributed by atoms with E-state index in [1.54, 1.807) is 17.4 Å². The Morgan fingerprint density at radius 2 is 2.15 bits per heavy atom. The van der Waals surface area contributed by atoms with Gasteiger partial charge in [0.05, 0.1) is 18.2 Å². The normalized spacial score (nSPS) is 21.1. The van der Waals surface area contributed by atoms with Gasteiger partial charge in [-0.05, 0) is 37.2 Å². The van der Waals surface area contributed by atoms with Gasteiger partial charge in [-0.3, -0.25) is 9.59 Å². The van der Waals surface area contributed by atoms with Crippen LogP contribution < -0.4 is 0 Å². The van der Waals surface area contributed by atoms with Crippen LogP contribution in [0.3, 0.4) is 0 Å². The zero-order chi connectivity index (χ0) is 24.5. The van der Waals surface area contributed by atoms with E-state index < -0.39 is 6.10 Å². The second kappa shape index (κ2) is 13.1. The Morgan fingerprint density at radius 3 is 2.88 bits per heavy atom. The number of ketones is 1. The molecule has 0 radical (unpaired) electrons. The summed E-state index contributed by atoms with van der Waals surface area (Å²) in [5, 5.41) is 22.1. The number of carbonyl (C=O) groups excluding carboxylic acids is 2. The number of allylic oxidation sites excluding steroid dienone is 1. The van der Waals surface area contributed by atoms with Crippen LogP contribution >= 0.6 is 22.9 Å². The van der Waals surface area contributed by atoms with Crippen molar-refractivity contribution in [1.29, 1.82) is 0 Å². The number of hydrogen-bond acceptors (Lipinski definition) is 6. The van der Waals surface area contributed by atoms with Gasteiger partial charge in [0, 0.05) is 53.2 Å². The van der Waals surface area contributed by atoms with Crippen LogP contribution in [0.25, 0.3) is 10.1 Å². The van der Waals surface area contributed by atoms with Crippen LogP contribution in [0.1, 0.15) is 43.4 Å². The maximum absolute atomic E-state index is 12.5. The van der Waals surface area contributed by atoms with Crippen LogP contribution in [0.2, 0.25) is 5.02 Å². The standard InChI is InChI=1S/C27H31ClO5S/c1-33-26(32)11-5-3-2-4-8-21-20(18(17-29)16-23(21)31)14-12-19(30)13-15-25-27(28)22-9-6-7-10-24(22)34-25/h6-7,9-10,12,14,18-21,29-30H,3,5,8,11,13,15-17H2,1H3/t18-,19?,20-,21+/m0/s1. The Bertz CT molecular complexity index is 1080. The number of hydrogen-bond donors (Lipinski definition) is 2. The zero-order valence-corrected chi connectivity index (χ0v) is 20.9. The largest absolute Gasteiger partial charge is 0.469 e. The SMILES string of the molecule is COC(=O)CCCC#CC[C@H]1C(=O)C[C@@H](CO)[C@@H]1C=CC(O)CCc1sc2ccccc2c1Cl. The molecular formula is C27H31ClO5S. The number of ether oxygens (including phenoxy) is 1. The Hall–Kier alpha value is -2.17. The molecule has 1 aromatic carbocycles.